The Hall–Kier alpha value is -2.04. The molecular formula is C20H25ClN2O2. The summed E-state index contributed by atoms with van der Waals surface area (Å²) in [7, 11) is 0. The normalized spacial score (nSPS) is 16.1. The van der Waals surface area contributed by atoms with Crippen molar-refractivity contribution in [3.63, 3.8) is 0 Å². The molecule has 2 N–H and O–H groups in total. The first-order chi connectivity index (χ1) is 11.7. The minimum absolute atomic E-state index is 0. The van der Waals surface area contributed by atoms with Crippen LogP contribution in [0, 0.1) is 12.8 Å². The predicted octanol–water partition coefficient (Wildman–Crippen LogP) is 4.54. The molecule has 1 saturated heterocycles. The number of aryl methyl sites for hydroxylation is 1. The Kier molecular flexibility index (Phi) is 7.29. The van der Waals surface area contributed by atoms with Crippen molar-refractivity contribution < 1.29 is 9.53 Å². The van der Waals surface area contributed by atoms with E-state index in [1.165, 1.54) is 6.42 Å². The van der Waals surface area contributed by atoms with E-state index < -0.39 is 0 Å². The average molecular weight is 361 g/mol. The standard InChI is InChI=1S/C20H24N2O2.ClH/c1-15-3-2-4-19(13-15)24-18-8-6-17(7-9-18)22-20(23)10-5-16-11-12-21-14-16;/h2-4,6-9,13,16,21H,5,10-12,14H2,1H3,(H,22,23);1H. The molecule has 1 fully saturated rings. The van der Waals surface area contributed by atoms with Crippen LogP contribution in [-0.4, -0.2) is 19.0 Å². The minimum Gasteiger partial charge on any atom is -0.457 e. The molecule has 1 atom stereocenters. The lowest BCUT2D eigenvalue weighted by molar-refractivity contribution is -0.116. The number of benzene rings is 2. The molecule has 134 valence electrons. The van der Waals surface area contributed by atoms with Crippen LogP contribution in [0.1, 0.15) is 24.8 Å². The smallest absolute Gasteiger partial charge is 0.224 e. The van der Waals surface area contributed by atoms with Crippen LogP contribution >= 0.6 is 12.4 Å². The number of hydrogen-bond acceptors (Lipinski definition) is 3. The Balaban J connectivity index is 0.00000225. The number of carbonyl (C=O) groups excluding carboxylic acids is 1. The summed E-state index contributed by atoms with van der Waals surface area (Å²) in [6, 6.07) is 15.4. The fourth-order valence-electron chi connectivity index (χ4n) is 2.94. The number of hydrogen-bond donors (Lipinski definition) is 2. The van der Waals surface area contributed by atoms with Gasteiger partial charge in [-0.15, -0.1) is 12.4 Å². The monoisotopic (exact) mass is 360 g/mol. The molecule has 1 heterocycles. The second kappa shape index (κ2) is 9.44. The first-order valence-electron chi connectivity index (χ1n) is 8.54. The van der Waals surface area contributed by atoms with Crippen molar-refractivity contribution in [1.82, 2.24) is 5.32 Å². The number of rotatable bonds is 6. The van der Waals surface area contributed by atoms with Gasteiger partial charge in [-0.1, -0.05) is 12.1 Å². The fraction of sp³-hybridized carbons (Fsp3) is 0.350. The molecule has 5 heteroatoms. The second-order valence-corrected chi connectivity index (χ2v) is 6.39. The molecule has 3 rings (SSSR count). The summed E-state index contributed by atoms with van der Waals surface area (Å²) in [5.41, 5.74) is 1.97. The summed E-state index contributed by atoms with van der Waals surface area (Å²) < 4.78 is 5.81. The molecule has 0 radical (unpaired) electrons. The minimum atomic E-state index is 0. The molecule has 0 bridgehead atoms. The third-order valence-corrected chi connectivity index (χ3v) is 4.31. The maximum absolute atomic E-state index is 12.0. The highest BCUT2D eigenvalue weighted by molar-refractivity contribution is 5.90. The van der Waals surface area contributed by atoms with Crippen molar-refractivity contribution in [2.24, 2.45) is 5.92 Å². The lowest BCUT2D eigenvalue weighted by Gasteiger charge is -2.10. The van der Waals surface area contributed by atoms with Gasteiger partial charge in [-0.2, -0.15) is 0 Å². The number of anilines is 1. The summed E-state index contributed by atoms with van der Waals surface area (Å²) in [5.74, 6) is 2.29. The van der Waals surface area contributed by atoms with Crippen LogP contribution in [-0.2, 0) is 4.79 Å². The molecule has 2 aromatic carbocycles. The van der Waals surface area contributed by atoms with E-state index in [-0.39, 0.29) is 18.3 Å². The fourth-order valence-corrected chi connectivity index (χ4v) is 2.94. The van der Waals surface area contributed by atoms with Crippen LogP contribution in [0.25, 0.3) is 0 Å². The summed E-state index contributed by atoms with van der Waals surface area (Å²) in [6.45, 7) is 4.15. The summed E-state index contributed by atoms with van der Waals surface area (Å²) in [5, 5.41) is 6.28. The molecule has 25 heavy (non-hydrogen) atoms. The van der Waals surface area contributed by atoms with E-state index in [0.29, 0.717) is 12.3 Å². The average Bonchev–Trinajstić information content (AvgIpc) is 3.08. The van der Waals surface area contributed by atoms with Gasteiger partial charge in [0, 0.05) is 12.1 Å². The van der Waals surface area contributed by atoms with Crippen LogP contribution in [0.15, 0.2) is 48.5 Å². The highest BCUT2D eigenvalue weighted by atomic mass is 35.5. The van der Waals surface area contributed by atoms with E-state index in [4.69, 9.17) is 4.74 Å². The van der Waals surface area contributed by atoms with Crippen molar-refractivity contribution in [1.29, 1.82) is 0 Å². The summed E-state index contributed by atoms with van der Waals surface area (Å²) in [6.07, 6.45) is 2.71. The molecular weight excluding hydrogens is 336 g/mol. The zero-order valence-corrected chi connectivity index (χ0v) is 15.3. The lowest BCUT2D eigenvalue weighted by atomic mass is 10.0. The molecule has 4 nitrogen and oxygen atoms in total. The van der Waals surface area contributed by atoms with E-state index >= 15 is 0 Å². The van der Waals surface area contributed by atoms with Crippen LogP contribution in [0.2, 0.25) is 0 Å². The number of halogens is 1. The number of amides is 1. The molecule has 0 aliphatic carbocycles. The number of nitrogens with one attached hydrogen (secondary N) is 2. The molecule has 1 amide bonds. The van der Waals surface area contributed by atoms with E-state index in [0.717, 1.165) is 42.3 Å². The van der Waals surface area contributed by atoms with Gasteiger partial charge in [-0.3, -0.25) is 4.79 Å². The van der Waals surface area contributed by atoms with Crippen molar-refractivity contribution in [2.45, 2.75) is 26.2 Å². The van der Waals surface area contributed by atoms with Gasteiger partial charge < -0.3 is 15.4 Å². The van der Waals surface area contributed by atoms with Gasteiger partial charge in [0.05, 0.1) is 0 Å². The third kappa shape index (κ3) is 6.07. The van der Waals surface area contributed by atoms with Gasteiger partial charge in [-0.05, 0) is 80.7 Å². The van der Waals surface area contributed by atoms with Gasteiger partial charge in [0.2, 0.25) is 5.91 Å². The first-order valence-corrected chi connectivity index (χ1v) is 8.54. The number of ether oxygens (including phenoxy) is 1. The van der Waals surface area contributed by atoms with Crippen LogP contribution in [0.5, 0.6) is 11.5 Å². The molecule has 1 unspecified atom stereocenters. The van der Waals surface area contributed by atoms with E-state index in [1.54, 1.807) is 0 Å². The zero-order valence-electron chi connectivity index (χ0n) is 14.5. The Morgan fingerprint density at radius 3 is 2.68 bits per heavy atom. The maximum atomic E-state index is 12.0. The summed E-state index contributed by atoms with van der Waals surface area (Å²) >= 11 is 0. The van der Waals surface area contributed by atoms with E-state index in [9.17, 15) is 4.79 Å². The van der Waals surface area contributed by atoms with Gasteiger partial charge in [0.25, 0.3) is 0 Å². The Labute approximate surface area is 155 Å². The number of carbonyl (C=O) groups is 1. The van der Waals surface area contributed by atoms with Crippen molar-refractivity contribution >= 4 is 24.0 Å². The van der Waals surface area contributed by atoms with Crippen molar-refractivity contribution in [3.05, 3.63) is 54.1 Å². The van der Waals surface area contributed by atoms with Crippen molar-refractivity contribution in [2.75, 3.05) is 18.4 Å². The topological polar surface area (TPSA) is 50.4 Å². The zero-order chi connectivity index (χ0) is 16.8. The molecule has 0 saturated carbocycles. The quantitative estimate of drug-likeness (QED) is 0.795. The van der Waals surface area contributed by atoms with Crippen LogP contribution < -0.4 is 15.4 Å². The predicted molar refractivity (Wildman–Crippen MR) is 104 cm³/mol. The largest absolute Gasteiger partial charge is 0.457 e. The third-order valence-electron chi connectivity index (χ3n) is 4.31. The van der Waals surface area contributed by atoms with Crippen LogP contribution in [0.3, 0.4) is 0 Å². The van der Waals surface area contributed by atoms with Gasteiger partial charge in [0.15, 0.2) is 0 Å². The van der Waals surface area contributed by atoms with Gasteiger partial charge in [0.1, 0.15) is 11.5 Å². The Morgan fingerprint density at radius 1 is 1.20 bits per heavy atom. The van der Waals surface area contributed by atoms with Crippen LogP contribution in [0.4, 0.5) is 5.69 Å². The lowest BCUT2D eigenvalue weighted by Crippen LogP contribution is -2.14. The van der Waals surface area contributed by atoms with Gasteiger partial charge in [-0.25, -0.2) is 0 Å². The Morgan fingerprint density at radius 2 is 2.00 bits per heavy atom. The van der Waals surface area contributed by atoms with Gasteiger partial charge >= 0.3 is 0 Å². The molecule has 0 spiro atoms. The highest BCUT2D eigenvalue weighted by Gasteiger charge is 2.15. The Bertz CT molecular complexity index is 682. The maximum Gasteiger partial charge on any atom is 0.224 e. The highest BCUT2D eigenvalue weighted by Crippen LogP contribution is 2.24. The SMILES string of the molecule is Cc1cccc(Oc2ccc(NC(=O)CCC3CCNC3)cc2)c1.Cl. The van der Waals surface area contributed by atoms with E-state index in [1.807, 2.05) is 55.5 Å². The second-order valence-electron chi connectivity index (χ2n) is 6.39. The van der Waals surface area contributed by atoms with Crippen molar-refractivity contribution in [3.8, 4) is 11.5 Å². The first kappa shape index (κ1) is 19.3. The molecule has 0 aromatic heterocycles. The molecule has 2 aromatic rings. The summed E-state index contributed by atoms with van der Waals surface area (Å²) in [4.78, 5) is 12.0. The molecule has 1 aliphatic heterocycles. The molecule has 1 aliphatic rings. The van der Waals surface area contributed by atoms with E-state index in [2.05, 4.69) is 10.6 Å².